The van der Waals surface area contributed by atoms with Crippen LogP contribution in [0, 0.1) is 11.8 Å². The van der Waals surface area contributed by atoms with Gasteiger partial charge in [-0.05, 0) is 43.7 Å². The van der Waals surface area contributed by atoms with E-state index in [0.29, 0.717) is 25.9 Å². The van der Waals surface area contributed by atoms with Gasteiger partial charge in [-0.1, -0.05) is 18.9 Å². The Hall–Kier alpha value is -2.16. The van der Waals surface area contributed by atoms with Gasteiger partial charge in [0, 0.05) is 25.6 Å². The van der Waals surface area contributed by atoms with Crippen molar-refractivity contribution in [3.63, 3.8) is 0 Å². The number of hydrogen-bond donors (Lipinski definition) is 2. The molecule has 1 aliphatic carbocycles. The number of carbonyl (C=O) groups is 2. The van der Waals surface area contributed by atoms with E-state index in [2.05, 4.69) is 10.3 Å². The Morgan fingerprint density at radius 3 is 2.48 bits per heavy atom. The highest BCUT2D eigenvalue weighted by Crippen LogP contribution is 2.29. The number of piperidine rings is 1. The predicted octanol–water partition coefficient (Wildman–Crippen LogP) is 3.19. The topological polar surface area (TPSA) is 88.3 Å². The van der Waals surface area contributed by atoms with Crippen molar-refractivity contribution in [2.75, 3.05) is 18.4 Å². The molecule has 1 aromatic rings. The molecule has 0 bridgehead atoms. The van der Waals surface area contributed by atoms with Crippen molar-refractivity contribution in [3.8, 4) is 0 Å². The highest BCUT2D eigenvalue weighted by atomic mass is 19.4. The van der Waals surface area contributed by atoms with Gasteiger partial charge in [-0.15, -0.1) is 0 Å². The van der Waals surface area contributed by atoms with E-state index in [9.17, 15) is 22.8 Å². The highest BCUT2D eigenvalue weighted by molar-refractivity contribution is 5.90. The number of hydrogen-bond acceptors (Lipinski definition) is 4. The molecular formula is C20H27F3N4O2. The Balaban J connectivity index is 1.47. The van der Waals surface area contributed by atoms with Crippen LogP contribution in [-0.2, 0) is 15.8 Å². The van der Waals surface area contributed by atoms with E-state index in [-0.39, 0.29) is 41.9 Å². The minimum absolute atomic E-state index is 0.0697. The third kappa shape index (κ3) is 5.68. The number of nitrogens with zero attached hydrogens (tertiary/aromatic N) is 2. The first-order valence-electron chi connectivity index (χ1n) is 10.1. The first-order valence-corrected chi connectivity index (χ1v) is 10.1. The Labute approximate surface area is 168 Å². The second-order valence-electron chi connectivity index (χ2n) is 7.98. The lowest BCUT2D eigenvalue weighted by molar-refractivity contribution is -0.141. The van der Waals surface area contributed by atoms with Crippen LogP contribution >= 0.6 is 0 Å². The van der Waals surface area contributed by atoms with Crippen LogP contribution in [0.3, 0.4) is 0 Å². The molecule has 2 atom stereocenters. The van der Waals surface area contributed by atoms with Gasteiger partial charge in [0.25, 0.3) is 0 Å². The molecule has 1 saturated heterocycles. The van der Waals surface area contributed by atoms with E-state index in [1.807, 2.05) is 4.90 Å². The van der Waals surface area contributed by atoms with E-state index in [1.54, 1.807) is 0 Å². The van der Waals surface area contributed by atoms with Gasteiger partial charge in [0.15, 0.2) is 0 Å². The number of halogens is 3. The molecule has 0 spiro atoms. The second-order valence-corrected chi connectivity index (χ2v) is 7.98. The van der Waals surface area contributed by atoms with Gasteiger partial charge < -0.3 is 16.0 Å². The summed E-state index contributed by atoms with van der Waals surface area (Å²) in [5.74, 6) is -0.367. The van der Waals surface area contributed by atoms with Crippen molar-refractivity contribution >= 4 is 17.6 Å². The zero-order valence-corrected chi connectivity index (χ0v) is 16.3. The lowest BCUT2D eigenvalue weighted by Gasteiger charge is -2.37. The molecule has 0 radical (unpaired) electrons. The third-order valence-corrected chi connectivity index (χ3v) is 5.84. The SMILES string of the molecule is N[C@H]1CCCC[C@@H]1C(=O)N1CCC(CC(=O)Nc2cccc(C(F)(F)F)n2)CC1. The van der Waals surface area contributed by atoms with Gasteiger partial charge in [-0.25, -0.2) is 4.98 Å². The molecule has 3 rings (SSSR count). The molecule has 1 aliphatic heterocycles. The lowest BCUT2D eigenvalue weighted by atomic mass is 9.83. The first-order chi connectivity index (χ1) is 13.7. The number of aromatic nitrogens is 1. The van der Waals surface area contributed by atoms with Gasteiger partial charge >= 0.3 is 6.18 Å². The average molecular weight is 412 g/mol. The maximum absolute atomic E-state index is 12.7. The molecule has 2 heterocycles. The van der Waals surface area contributed by atoms with Crippen LogP contribution in [0.2, 0.25) is 0 Å². The lowest BCUT2D eigenvalue weighted by Crippen LogP contribution is -2.48. The fourth-order valence-corrected chi connectivity index (χ4v) is 4.18. The molecule has 2 amide bonds. The molecule has 3 N–H and O–H groups in total. The number of pyridine rings is 1. The summed E-state index contributed by atoms with van der Waals surface area (Å²) >= 11 is 0. The van der Waals surface area contributed by atoms with Crippen LogP contribution in [0.25, 0.3) is 0 Å². The Bertz CT molecular complexity index is 733. The van der Waals surface area contributed by atoms with Gasteiger partial charge in [-0.3, -0.25) is 9.59 Å². The monoisotopic (exact) mass is 412 g/mol. The Kier molecular flexibility index (Phi) is 6.77. The van der Waals surface area contributed by atoms with Gasteiger partial charge in [0.05, 0.1) is 5.92 Å². The molecule has 2 fully saturated rings. The summed E-state index contributed by atoms with van der Waals surface area (Å²) in [6.45, 7) is 1.17. The Morgan fingerprint density at radius 2 is 1.83 bits per heavy atom. The number of nitrogens with two attached hydrogens (primary N) is 1. The summed E-state index contributed by atoms with van der Waals surface area (Å²) < 4.78 is 38.2. The molecular weight excluding hydrogens is 385 g/mol. The fraction of sp³-hybridized carbons (Fsp3) is 0.650. The number of carbonyl (C=O) groups excluding carboxylic acids is 2. The summed E-state index contributed by atoms with van der Waals surface area (Å²) in [7, 11) is 0. The maximum atomic E-state index is 12.7. The normalized spacial score (nSPS) is 23.7. The number of alkyl halides is 3. The number of likely N-dealkylation sites (tertiary alicyclic amines) is 1. The van der Waals surface area contributed by atoms with Crippen molar-refractivity contribution in [1.82, 2.24) is 9.88 Å². The van der Waals surface area contributed by atoms with Gasteiger partial charge in [-0.2, -0.15) is 13.2 Å². The van der Waals surface area contributed by atoms with Crippen LogP contribution in [0.5, 0.6) is 0 Å². The standard InChI is InChI=1S/C20H27F3N4O2/c21-20(22,23)16-6-3-7-17(25-16)26-18(28)12-13-8-10-27(11-9-13)19(29)14-4-1-2-5-15(14)24/h3,6-7,13-15H,1-2,4-5,8-12,24H2,(H,25,26,28)/t14-,15-/m0/s1. The molecule has 0 aromatic carbocycles. The van der Waals surface area contributed by atoms with Crippen molar-refractivity contribution in [2.24, 2.45) is 17.6 Å². The summed E-state index contributed by atoms with van der Waals surface area (Å²) in [6.07, 6.45) is 0.855. The summed E-state index contributed by atoms with van der Waals surface area (Å²) in [4.78, 5) is 30.2. The first kappa shape index (κ1) is 21.5. The molecule has 2 aliphatic rings. The molecule has 29 heavy (non-hydrogen) atoms. The van der Waals surface area contributed by atoms with Crippen molar-refractivity contribution in [1.29, 1.82) is 0 Å². The molecule has 0 unspecified atom stereocenters. The number of rotatable bonds is 4. The molecule has 9 heteroatoms. The zero-order chi connectivity index (χ0) is 21.0. The van der Waals surface area contributed by atoms with Crippen molar-refractivity contribution < 1.29 is 22.8 Å². The number of anilines is 1. The summed E-state index contributed by atoms with van der Waals surface area (Å²) in [5, 5.41) is 2.45. The largest absolute Gasteiger partial charge is 0.433 e. The third-order valence-electron chi connectivity index (χ3n) is 5.84. The van der Waals surface area contributed by atoms with E-state index >= 15 is 0 Å². The minimum Gasteiger partial charge on any atom is -0.342 e. The maximum Gasteiger partial charge on any atom is 0.433 e. The van der Waals surface area contributed by atoms with Crippen LogP contribution < -0.4 is 11.1 Å². The van der Waals surface area contributed by atoms with E-state index < -0.39 is 11.9 Å². The van der Waals surface area contributed by atoms with Crippen LogP contribution in [0.4, 0.5) is 19.0 Å². The molecule has 160 valence electrons. The summed E-state index contributed by atoms with van der Waals surface area (Å²) in [6, 6.07) is 3.34. The highest BCUT2D eigenvalue weighted by Gasteiger charge is 2.34. The molecule has 6 nitrogen and oxygen atoms in total. The van der Waals surface area contributed by atoms with E-state index in [0.717, 1.165) is 31.7 Å². The van der Waals surface area contributed by atoms with E-state index in [4.69, 9.17) is 5.73 Å². The Morgan fingerprint density at radius 1 is 1.14 bits per heavy atom. The van der Waals surface area contributed by atoms with Gasteiger partial charge in [0.1, 0.15) is 11.5 Å². The zero-order valence-electron chi connectivity index (χ0n) is 16.3. The fourth-order valence-electron chi connectivity index (χ4n) is 4.18. The van der Waals surface area contributed by atoms with E-state index in [1.165, 1.54) is 12.1 Å². The minimum atomic E-state index is -4.55. The quantitative estimate of drug-likeness (QED) is 0.795. The predicted molar refractivity (Wildman–Crippen MR) is 102 cm³/mol. The molecule has 1 aromatic heterocycles. The number of amides is 2. The smallest absolute Gasteiger partial charge is 0.342 e. The van der Waals surface area contributed by atoms with Crippen LogP contribution in [0.15, 0.2) is 18.2 Å². The number of nitrogens with one attached hydrogen (secondary N) is 1. The van der Waals surface area contributed by atoms with Crippen LogP contribution in [-0.4, -0.2) is 40.8 Å². The van der Waals surface area contributed by atoms with Crippen molar-refractivity contribution in [2.45, 2.75) is 57.2 Å². The van der Waals surface area contributed by atoms with Crippen molar-refractivity contribution in [3.05, 3.63) is 23.9 Å². The van der Waals surface area contributed by atoms with Gasteiger partial charge in [0.2, 0.25) is 11.8 Å². The summed E-state index contributed by atoms with van der Waals surface area (Å²) in [5.41, 5.74) is 5.07. The van der Waals surface area contributed by atoms with Crippen LogP contribution in [0.1, 0.15) is 50.6 Å². The average Bonchev–Trinajstić information content (AvgIpc) is 2.68. The second kappa shape index (κ2) is 9.11. The molecule has 1 saturated carbocycles.